The van der Waals surface area contributed by atoms with Gasteiger partial charge in [-0.05, 0) is 13.8 Å². The molecule has 90 valence electrons. The highest BCUT2D eigenvalue weighted by atomic mass is 15.2. The van der Waals surface area contributed by atoms with Gasteiger partial charge in [-0.1, -0.05) is 41.5 Å². The Hall–Kier alpha value is -0.990. The van der Waals surface area contributed by atoms with Crippen LogP contribution in [0.25, 0.3) is 0 Å². The zero-order chi connectivity index (χ0) is 12.9. The molecule has 3 nitrogen and oxygen atoms in total. The lowest BCUT2D eigenvalue weighted by atomic mass is 10.2. The van der Waals surface area contributed by atoms with Gasteiger partial charge in [0, 0.05) is 7.05 Å². The van der Waals surface area contributed by atoms with E-state index in [0.29, 0.717) is 0 Å². The molecule has 0 spiro atoms. The van der Waals surface area contributed by atoms with Crippen LogP contribution >= 0.6 is 0 Å². The number of rotatable bonds is 0. The summed E-state index contributed by atoms with van der Waals surface area (Å²) in [5.74, 6) is 0. The summed E-state index contributed by atoms with van der Waals surface area (Å²) >= 11 is 0. The summed E-state index contributed by atoms with van der Waals surface area (Å²) < 4.78 is 0. The molecule has 1 aliphatic rings. The van der Waals surface area contributed by atoms with Crippen LogP contribution in [0.4, 0.5) is 0 Å². The van der Waals surface area contributed by atoms with E-state index in [1.807, 2.05) is 55.4 Å². The van der Waals surface area contributed by atoms with E-state index in [0.717, 1.165) is 17.1 Å². The van der Waals surface area contributed by atoms with Gasteiger partial charge in [0.05, 0.1) is 11.4 Å². The van der Waals surface area contributed by atoms with Gasteiger partial charge in [-0.3, -0.25) is 4.99 Å². The molecule has 0 fully saturated rings. The van der Waals surface area contributed by atoms with Crippen LogP contribution < -0.4 is 0 Å². The Labute approximate surface area is 95.4 Å². The third kappa shape index (κ3) is 8.03. The summed E-state index contributed by atoms with van der Waals surface area (Å²) in [5, 5.41) is 7.69. The van der Waals surface area contributed by atoms with E-state index in [4.69, 9.17) is 0 Å². The molecule has 0 N–H and O–H groups in total. The molecule has 0 saturated carbocycles. The number of hydrogen-bond acceptors (Lipinski definition) is 3. The predicted octanol–water partition coefficient (Wildman–Crippen LogP) is 3.99. The highest BCUT2D eigenvalue weighted by Gasteiger charge is 2.11. The Kier molecular flexibility index (Phi) is 20.2. The first-order valence-corrected chi connectivity index (χ1v) is 5.82. The van der Waals surface area contributed by atoms with E-state index in [-0.39, 0.29) is 0 Å². The van der Waals surface area contributed by atoms with Crippen molar-refractivity contribution in [3.05, 3.63) is 0 Å². The van der Waals surface area contributed by atoms with Gasteiger partial charge in [-0.15, -0.1) is 0 Å². The number of nitrogens with zero attached hydrogens (tertiary/aromatic N) is 3. The molecule has 0 aliphatic carbocycles. The van der Waals surface area contributed by atoms with Crippen molar-refractivity contribution in [1.82, 2.24) is 0 Å². The second-order valence-electron chi connectivity index (χ2n) is 1.94. The molecule has 0 aromatic carbocycles. The summed E-state index contributed by atoms with van der Waals surface area (Å²) in [7, 11) is 1.75. The van der Waals surface area contributed by atoms with Crippen molar-refractivity contribution in [3.63, 3.8) is 0 Å². The fourth-order valence-electron chi connectivity index (χ4n) is 0.830. The second kappa shape index (κ2) is 15.5. The van der Waals surface area contributed by atoms with Crippen LogP contribution in [0.1, 0.15) is 55.4 Å². The SMILES string of the molecule is CC.CC.CC.CN=C1C(C)=NN=C1C. The van der Waals surface area contributed by atoms with Gasteiger partial charge in [0.1, 0.15) is 5.71 Å². The summed E-state index contributed by atoms with van der Waals surface area (Å²) in [5.41, 5.74) is 2.75. The maximum absolute atomic E-state index is 4.00. The molecule has 0 aromatic heterocycles. The topological polar surface area (TPSA) is 37.1 Å². The molecule has 0 saturated heterocycles. The lowest BCUT2D eigenvalue weighted by Crippen LogP contribution is -2.13. The fourth-order valence-corrected chi connectivity index (χ4v) is 0.830. The van der Waals surface area contributed by atoms with Gasteiger partial charge < -0.3 is 0 Å². The summed E-state index contributed by atoms with van der Waals surface area (Å²) in [6, 6.07) is 0. The van der Waals surface area contributed by atoms with Crippen molar-refractivity contribution in [1.29, 1.82) is 0 Å². The van der Waals surface area contributed by atoms with E-state index in [1.54, 1.807) is 7.05 Å². The highest BCUT2D eigenvalue weighted by Crippen LogP contribution is 1.98. The Morgan fingerprint density at radius 1 is 0.733 bits per heavy atom. The van der Waals surface area contributed by atoms with Gasteiger partial charge in [0.15, 0.2) is 0 Å². The monoisotopic (exact) mass is 213 g/mol. The quantitative estimate of drug-likeness (QED) is 0.583. The first-order valence-electron chi connectivity index (χ1n) is 5.82. The lowest BCUT2D eigenvalue weighted by Gasteiger charge is -1.91. The van der Waals surface area contributed by atoms with Crippen LogP contribution in [0.2, 0.25) is 0 Å². The Morgan fingerprint density at radius 3 is 1.13 bits per heavy atom. The summed E-state index contributed by atoms with van der Waals surface area (Å²) in [6.45, 7) is 15.8. The maximum atomic E-state index is 4.00. The average Bonchev–Trinajstić information content (AvgIpc) is 2.66. The average molecular weight is 213 g/mol. The Morgan fingerprint density at radius 2 is 1.00 bits per heavy atom. The summed E-state index contributed by atoms with van der Waals surface area (Å²) in [4.78, 5) is 4.00. The Balaban J connectivity index is -0.000000208. The van der Waals surface area contributed by atoms with Crippen molar-refractivity contribution in [3.8, 4) is 0 Å². The zero-order valence-corrected chi connectivity index (χ0v) is 11.8. The minimum absolute atomic E-state index is 0.912. The van der Waals surface area contributed by atoms with Crippen LogP contribution in [0.15, 0.2) is 15.2 Å². The number of hydrogen-bond donors (Lipinski definition) is 0. The smallest absolute Gasteiger partial charge is 0.103 e. The molecular formula is C12H27N3. The molecule has 0 atom stereocenters. The van der Waals surface area contributed by atoms with Crippen LogP contribution in [0.5, 0.6) is 0 Å². The molecular weight excluding hydrogens is 186 g/mol. The van der Waals surface area contributed by atoms with E-state index in [1.165, 1.54) is 0 Å². The van der Waals surface area contributed by atoms with Crippen molar-refractivity contribution in [2.24, 2.45) is 15.2 Å². The maximum Gasteiger partial charge on any atom is 0.103 e. The zero-order valence-electron chi connectivity index (χ0n) is 11.8. The molecule has 0 aromatic rings. The molecule has 3 heteroatoms. The first kappa shape index (κ1) is 19.6. The van der Waals surface area contributed by atoms with E-state index in [2.05, 4.69) is 15.2 Å². The molecule has 1 rings (SSSR count). The van der Waals surface area contributed by atoms with Crippen molar-refractivity contribution < 1.29 is 0 Å². The molecule has 1 aliphatic heterocycles. The van der Waals surface area contributed by atoms with Crippen LogP contribution in [-0.2, 0) is 0 Å². The molecule has 0 amide bonds. The largest absolute Gasteiger partial charge is 0.285 e. The Bertz CT molecular complexity index is 193. The van der Waals surface area contributed by atoms with E-state index >= 15 is 0 Å². The van der Waals surface area contributed by atoms with Gasteiger partial charge >= 0.3 is 0 Å². The van der Waals surface area contributed by atoms with Crippen molar-refractivity contribution >= 4 is 17.1 Å². The van der Waals surface area contributed by atoms with Crippen molar-refractivity contribution in [2.45, 2.75) is 55.4 Å². The molecule has 0 radical (unpaired) electrons. The normalized spacial score (nSPS) is 11.7. The van der Waals surface area contributed by atoms with Crippen LogP contribution in [-0.4, -0.2) is 24.2 Å². The van der Waals surface area contributed by atoms with Crippen molar-refractivity contribution in [2.75, 3.05) is 7.05 Å². The molecule has 15 heavy (non-hydrogen) atoms. The third-order valence-corrected chi connectivity index (χ3v) is 1.26. The summed E-state index contributed by atoms with van der Waals surface area (Å²) in [6.07, 6.45) is 0. The first-order chi connectivity index (χ1) is 7.25. The van der Waals surface area contributed by atoms with Crippen LogP contribution in [0.3, 0.4) is 0 Å². The minimum Gasteiger partial charge on any atom is -0.285 e. The molecule has 0 unspecified atom stereocenters. The third-order valence-electron chi connectivity index (χ3n) is 1.26. The van der Waals surface area contributed by atoms with Crippen LogP contribution in [0, 0.1) is 0 Å². The van der Waals surface area contributed by atoms with E-state index in [9.17, 15) is 0 Å². The molecule has 0 bridgehead atoms. The van der Waals surface area contributed by atoms with Gasteiger partial charge in [-0.2, -0.15) is 10.2 Å². The standard InChI is InChI=1S/C6H9N3.3C2H6/c1-4-6(7-3)5(2)9-8-4;3*1-2/h1-3H3;3*1-2H3. The van der Waals surface area contributed by atoms with E-state index < -0.39 is 0 Å². The van der Waals surface area contributed by atoms with Gasteiger partial charge in [0.2, 0.25) is 0 Å². The second-order valence-corrected chi connectivity index (χ2v) is 1.94. The predicted molar refractivity (Wildman–Crippen MR) is 73.6 cm³/mol. The number of aliphatic imine (C=N–C) groups is 1. The molecule has 1 heterocycles. The van der Waals surface area contributed by atoms with Gasteiger partial charge in [0.25, 0.3) is 0 Å². The highest BCUT2D eigenvalue weighted by molar-refractivity contribution is 6.69. The van der Waals surface area contributed by atoms with Gasteiger partial charge in [-0.25, -0.2) is 0 Å². The fraction of sp³-hybridized carbons (Fsp3) is 0.750. The minimum atomic E-state index is 0.912. The lowest BCUT2D eigenvalue weighted by molar-refractivity contribution is 1.26.